The summed E-state index contributed by atoms with van der Waals surface area (Å²) in [5, 5.41) is 3.25. The minimum atomic E-state index is -0.0247. The molecule has 126 valence electrons. The number of likely N-dealkylation sites (N-methyl/N-ethyl adjacent to an activating group) is 1. The van der Waals surface area contributed by atoms with E-state index in [2.05, 4.69) is 48.1 Å². The number of guanidine groups is 1. The maximum atomic E-state index is 11.8. The highest BCUT2D eigenvalue weighted by Crippen LogP contribution is 2.06. The first-order valence-electron chi connectivity index (χ1n) is 7.69. The Labute approximate surface area is 139 Å². The topological polar surface area (TPSA) is 47.9 Å². The van der Waals surface area contributed by atoms with Crippen molar-refractivity contribution in [1.82, 2.24) is 15.1 Å². The van der Waals surface area contributed by atoms with E-state index in [1.807, 2.05) is 18.9 Å². The van der Waals surface area contributed by atoms with Crippen molar-refractivity contribution in [3.8, 4) is 0 Å². The summed E-state index contributed by atoms with van der Waals surface area (Å²) >= 11 is 0. The fourth-order valence-electron chi connectivity index (χ4n) is 1.87. The van der Waals surface area contributed by atoms with E-state index in [0.29, 0.717) is 12.5 Å². The second kappa shape index (κ2) is 8.98. The summed E-state index contributed by atoms with van der Waals surface area (Å²) in [6.07, 6.45) is 0. The van der Waals surface area contributed by atoms with Gasteiger partial charge in [-0.1, -0.05) is 42.0 Å². The van der Waals surface area contributed by atoms with E-state index in [1.54, 1.807) is 19.0 Å². The predicted molar refractivity (Wildman–Crippen MR) is 96.5 cm³/mol. The monoisotopic (exact) mass is 316 g/mol. The SMILES string of the molecule is C=C(C)CNC(=NCC(=O)N(C)C)N(C)Cc1ccc(C)cc1. The van der Waals surface area contributed by atoms with Gasteiger partial charge in [0.05, 0.1) is 0 Å². The molecule has 5 nitrogen and oxygen atoms in total. The maximum Gasteiger partial charge on any atom is 0.243 e. The van der Waals surface area contributed by atoms with Crippen LogP contribution in [0.2, 0.25) is 0 Å². The third-order valence-corrected chi connectivity index (χ3v) is 3.31. The minimum absolute atomic E-state index is 0.0247. The molecule has 23 heavy (non-hydrogen) atoms. The second-order valence-electron chi connectivity index (χ2n) is 6.08. The van der Waals surface area contributed by atoms with Crippen LogP contribution in [0.15, 0.2) is 41.4 Å². The van der Waals surface area contributed by atoms with Crippen molar-refractivity contribution >= 4 is 11.9 Å². The third kappa shape index (κ3) is 7.00. The van der Waals surface area contributed by atoms with Gasteiger partial charge in [0, 0.05) is 34.2 Å². The van der Waals surface area contributed by atoms with Crippen molar-refractivity contribution in [3.05, 3.63) is 47.5 Å². The number of amides is 1. The molecule has 0 aliphatic rings. The van der Waals surface area contributed by atoms with Gasteiger partial charge in [-0.3, -0.25) is 4.79 Å². The van der Waals surface area contributed by atoms with Gasteiger partial charge in [0.1, 0.15) is 6.54 Å². The van der Waals surface area contributed by atoms with Crippen molar-refractivity contribution in [1.29, 1.82) is 0 Å². The first-order valence-corrected chi connectivity index (χ1v) is 7.69. The van der Waals surface area contributed by atoms with E-state index in [4.69, 9.17) is 0 Å². The molecule has 5 heteroatoms. The van der Waals surface area contributed by atoms with Gasteiger partial charge in [-0.2, -0.15) is 0 Å². The largest absolute Gasteiger partial charge is 0.353 e. The zero-order valence-corrected chi connectivity index (χ0v) is 14.9. The first kappa shape index (κ1) is 18.7. The van der Waals surface area contributed by atoms with E-state index in [0.717, 1.165) is 12.1 Å². The molecule has 0 saturated heterocycles. The molecule has 1 amide bonds. The van der Waals surface area contributed by atoms with Crippen LogP contribution in [0.3, 0.4) is 0 Å². The van der Waals surface area contributed by atoms with Crippen LogP contribution in [0.5, 0.6) is 0 Å². The normalized spacial score (nSPS) is 11.1. The van der Waals surface area contributed by atoms with Gasteiger partial charge in [-0.25, -0.2) is 4.99 Å². The van der Waals surface area contributed by atoms with Crippen LogP contribution in [-0.4, -0.2) is 55.9 Å². The smallest absolute Gasteiger partial charge is 0.243 e. The van der Waals surface area contributed by atoms with Gasteiger partial charge in [0.2, 0.25) is 5.91 Å². The van der Waals surface area contributed by atoms with Crippen LogP contribution in [0.1, 0.15) is 18.1 Å². The molecule has 0 aliphatic heterocycles. The maximum absolute atomic E-state index is 11.8. The Hall–Kier alpha value is -2.30. The number of carbonyl (C=O) groups is 1. The van der Waals surface area contributed by atoms with Gasteiger partial charge < -0.3 is 15.1 Å². The summed E-state index contributed by atoms with van der Waals surface area (Å²) in [6.45, 7) is 9.40. The second-order valence-corrected chi connectivity index (χ2v) is 6.08. The van der Waals surface area contributed by atoms with Gasteiger partial charge >= 0.3 is 0 Å². The molecule has 0 radical (unpaired) electrons. The van der Waals surface area contributed by atoms with Gasteiger partial charge in [-0.15, -0.1) is 0 Å². The predicted octanol–water partition coefficient (Wildman–Crippen LogP) is 2.04. The summed E-state index contributed by atoms with van der Waals surface area (Å²) in [7, 11) is 5.42. The summed E-state index contributed by atoms with van der Waals surface area (Å²) in [4.78, 5) is 19.7. The molecular weight excluding hydrogens is 288 g/mol. The highest BCUT2D eigenvalue weighted by Gasteiger charge is 2.09. The van der Waals surface area contributed by atoms with Crippen molar-refractivity contribution in [2.75, 3.05) is 34.2 Å². The molecule has 0 heterocycles. The number of benzene rings is 1. The Morgan fingerprint density at radius 1 is 1.22 bits per heavy atom. The van der Waals surface area contributed by atoms with Crippen molar-refractivity contribution in [2.24, 2.45) is 4.99 Å². The van der Waals surface area contributed by atoms with Gasteiger partial charge in [0.15, 0.2) is 5.96 Å². The molecule has 0 spiro atoms. The van der Waals surface area contributed by atoms with Gasteiger partial charge in [0.25, 0.3) is 0 Å². The molecule has 1 aromatic carbocycles. The summed E-state index contributed by atoms with van der Waals surface area (Å²) in [5.41, 5.74) is 3.45. The lowest BCUT2D eigenvalue weighted by Crippen LogP contribution is -2.40. The number of rotatable bonds is 6. The summed E-state index contributed by atoms with van der Waals surface area (Å²) in [6, 6.07) is 8.40. The number of nitrogens with zero attached hydrogens (tertiary/aromatic N) is 3. The number of hydrogen-bond acceptors (Lipinski definition) is 2. The Bertz CT molecular complexity index is 561. The number of carbonyl (C=O) groups excluding carboxylic acids is 1. The number of aryl methyl sites for hydroxylation is 1. The molecule has 0 atom stereocenters. The van der Waals surface area contributed by atoms with Crippen LogP contribution in [0.4, 0.5) is 0 Å². The van der Waals surface area contributed by atoms with E-state index >= 15 is 0 Å². The Balaban J connectivity index is 2.79. The molecule has 0 unspecified atom stereocenters. The van der Waals surface area contributed by atoms with Crippen molar-refractivity contribution < 1.29 is 4.79 Å². The fourth-order valence-corrected chi connectivity index (χ4v) is 1.87. The molecule has 1 N–H and O–H groups in total. The number of nitrogens with one attached hydrogen (secondary N) is 1. The molecule has 0 aromatic heterocycles. The molecule has 1 aromatic rings. The van der Waals surface area contributed by atoms with Crippen LogP contribution in [0.25, 0.3) is 0 Å². The van der Waals surface area contributed by atoms with E-state index in [9.17, 15) is 4.79 Å². The lowest BCUT2D eigenvalue weighted by atomic mass is 10.1. The lowest BCUT2D eigenvalue weighted by Gasteiger charge is -2.23. The molecule has 0 aliphatic carbocycles. The minimum Gasteiger partial charge on any atom is -0.353 e. The van der Waals surface area contributed by atoms with Crippen LogP contribution < -0.4 is 5.32 Å². The quantitative estimate of drug-likeness (QED) is 0.496. The summed E-state index contributed by atoms with van der Waals surface area (Å²) in [5.74, 6) is 0.673. The highest BCUT2D eigenvalue weighted by molar-refractivity contribution is 5.84. The highest BCUT2D eigenvalue weighted by atomic mass is 16.2. The van der Waals surface area contributed by atoms with Gasteiger partial charge in [-0.05, 0) is 19.4 Å². The standard InChI is InChI=1S/C18H28N4O/c1-14(2)11-19-18(20-12-17(23)21(4)5)22(6)13-16-9-7-15(3)8-10-16/h7-10H,1,11-13H2,2-6H3,(H,19,20). The number of hydrogen-bond donors (Lipinski definition) is 1. The zero-order chi connectivity index (χ0) is 17.4. The average Bonchev–Trinajstić information content (AvgIpc) is 2.48. The van der Waals surface area contributed by atoms with E-state index in [1.165, 1.54) is 11.1 Å². The molecular formula is C18H28N4O. The van der Waals surface area contributed by atoms with E-state index in [-0.39, 0.29) is 12.5 Å². The fraction of sp³-hybridized carbons (Fsp3) is 0.444. The molecule has 0 fully saturated rings. The Morgan fingerprint density at radius 2 is 1.83 bits per heavy atom. The summed E-state index contributed by atoms with van der Waals surface area (Å²) < 4.78 is 0. The number of aliphatic imine (C=N–C) groups is 1. The third-order valence-electron chi connectivity index (χ3n) is 3.31. The van der Waals surface area contributed by atoms with Crippen molar-refractivity contribution in [2.45, 2.75) is 20.4 Å². The van der Waals surface area contributed by atoms with Crippen molar-refractivity contribution in [3.63, 3.8) is 0 Å². The molecule has 0 saturated carbocycles. The van der Waals surface area contributed by atoms with Crippen LogP contribution >= 0.6 is 0 Å². The Kier molecular flexibility index (Phi) is 7.32. The average molecular weight is 316 g/mol. The Morgan fingerprint density at radius 3 is 2.35 bits per heavy atom. The van der Waals surface area contributed by atoms with Crippen LogP contribution in [0, 0.1) is 6.92 Å². The molecule has 1 rings (SSSR count). The molecule has 0 bridgehead atoms. The van der Waals surface area contributed by atoms with Crippen LogP contribution in [-0.2, 0) is 11.3 Å². The first-order chi connectivity index (χ1) is 10.8. The van der Waals surface area contributed by atoms with E-state index < -0.39 is 0 Å². The zero-order valence-electron chi connectivity index (χ0n) is 14.9. The lowest BCUT2D eigenvalue weighted by molar-refractivity contribution is -0.127.